The molecule has 1 aromatic rings. The van der Waals surface area contributed by atoms with Gasteiger partial charge in [0.05, 0.1) is 6.61 Å². The molecule has 1 aromatic carbocycles. The molecule has 26 heavy (non-hydrogen) atoms. The highest BCUT2D eigenvalue weighted by atomic mass is 16.5. The highest BCUT2D eigenvalue weighted by Gasteiger charge is 2.29. The largest absolute Gasteiger partial charge is 0.493 e. The average molecular weight is 359 g/mol. The van der Waals surface area contributed by atoms with Crippen molar-refractivity contribution >= 4 is 5.91 Å². The molecule has 1 amide bonds. The van der Waals surface area contributed by atoms with E-state index in [2.05, 4.69) is 48.9 Å². The van der Waals surface area contributed by atoms with Crippen LogP contribution < -0.4 is 4.74 Å². The third kappa shape index (κ3) is 5.47. The number of amides is 1. The minimum absolute atomic E-state index is 0.367. The Kier molecular flexibility index (Phi) is 6.58. The smallest absolute Gasteiger partial charge is 0.222 e. The molecule has 1 aliphatic heterocycles. The Balaban J connectivity index is 1.38. The van der Waals surface area contributed by atoms with Gasteiger partial charge in [-0.3, -0.25) is 4.79 Å². The quantitative estimate of drug-likeness (QED) is 0.663. The van der Waals surface area contributed by atoms with Crippen molar-refractivity contribution in [2.45, 2.75) is 58.4 Å². The van der Waals surface area contributed by atoms with Crippen LogP contribution >= 0.6 is 0 Å². The number of benzene rings is 1. The van der Waals surface area contributed by atoms with E-state index in [-0.39, 0.29) is 0 Å². The van der Waals surface area contributed by atoms with Crippen LogP contribution in [0.2, 0.25) is 0 Å². The third-order valence-electron chi connectivity index (χ3n) is 5.82. The Hall–Kier alpha value is -1.55. The van der Waals surface area contributed by atoms with Crippen LogP contribution in [0, 0.1) is 19.8 Å². The van der Waals surface area contributed by atoms with Crippen molar-refractivity contribution in [1.29, 1.82) is 0 Å². The number of likely N-dealkylation sites (tertiary alicyclic amines) is 1. The molecule has 0 N–H and O–H groups in total. The van der Waals surface area contributed by atoms with Crippen molar-refractivity contribution in [3.8, 4) is 5.75 Å². The highest BCUT2D eigenvalue weighted by Crippen LogP contribution is 2.31. The van der Waals surface area contributed by atoms with E-state index in [0.29, 0.717) is 18.4 Å². The predicted molar refractivity (Wildman–Crippen MR) is 106 cm³/mol. The molecule has 144 valence electrons. The summed E-state index contributed by atoms with van der Waals surface area (Å²) in [5.41, 5.74) is 2.48. The topological polar surface area (TPSA) is 32.8 Å². The molecule has 3 rings (SSSR count). The lowest BCUT2D eigenvalue weighted by molar-refractivity contribution is -0.130. The molecule has 0 bridgehead atoms. The van der Waals surface area contributed by atoms with Crippen LogP contribution in [0.3, 0.4) is 0 Å². The maximum absolute atomic E-state index is 12.3. The van der Waals surface area contributed by atoms with E-state index >= 15 is 0 Å². The van der Waals surface area contributed by atoms with Crippen molar-refractivity contribution in [2.75, 3.05) is 33.3 Å². The fourth-order valence-corrected chi connectivity index (χ4v) is 3.91. The summed E-state index contributed by atoms with van der Waals surface area (Å²) in [5, 5.41) is 0. The number of hydrogen-bond donors (Lipinski definition) is 0. The molecule has 0 aromatic heterocycles. The van der Waals surface area contributed by atoms with Gasteiger partial charge >= 0.3 is 0 Å². The lowest BCUT2D eigenvalue weighted by Gasteiger charge is -2.27. The lowest BCUT2D eigenvalue weighted by Crippen LogP contribution is -2.35. The Morgan fingerprint density at radius 2 is 2.00 bits per heavy atom. The van der Waals surface area contributed by atoms with E-state index in [0.717, 1.165) is 57.2 Å². The summed E-state index contributed by atoms with van der Waals surface area (Å²) < 4.78 is 5.95. The zero-order valence-electron chi connectivity index (χ0n) is 16.7. The molecule has 1 heterocycles. The molecule has 0 radical (unpaired) electrons. The number of aryl methyl sites for hydroxylation is 2. The Labute approximate surface area is 158 Å². The van der Waals surface area contributed by atoms with Crippen LogP contribution in [-0.2, 0) is 4.79 Å². The molecular weight excluding hydrogens is 324 g/mol. The van der Waals surface area contributed by atoms with Crippen molar-refractivity contribution in [3.05, 3.63) is 29.3 Å². The summed E-state index contributed by atoms with van der Waals surface area (Å²) >= 11 is 0. The molecule has 0 spiro atoms. The minimum Gasteiger partial charge on any atom is -0.493 e. The predicted octanol–water partition coefficient (Wildman–Crippen LogP) is 3.80. The number of carbonyl (C=O) groups is 1. The van der Waals surface area contributed by atoms with Gasteiger partial charge in [-0.05, 0) is 70.5 Å². The first-order valence-corrected chi connectivity index (χ1v) is 10.2. The van der Waals surface area contributed by atoms with Gasteiger partial charge in [-0.1, -0.05) is 17.7 Å². The van der Waals surface area contributed by atoms with Gasteiger partial charge < -0.3 is 14.5 Å². The van der Waals surface area contributed by atoms with Crippen LogP contribution in [0.15, 0.2) is 18.2 Å². The van der Waals surface area contributed by atoms with Crippen molar-refractivity contribution in [1.82, 2.24) is 9.80 Å². The molecule has 1 saturated carbocycles. The Morgan fingerprint density at radius 1 is 1.19 bits per heavy atom. The fraction of sp³-hybridized carbons (Fsp3) is 0.682. The Bertz CT molecular complexity index is 612. The summed E-state index contributed by atoms with van der Waals surface area (Å²) in [6, 6.07) is 6.85. The first kappa shape index (κ1) is 19.2. The van der Waals surface area contributed by atoms with E-state index in [1.54, 1.807) is 0 Å². The standard InChI is InChI=1S/C22H34N2O2/c1-17-5-9-21(18(2)15-17)26-14-4-12-23(3)20-8-10-22(25)24(13-11-20)16-19-6-7-19/h5,9,15,19-20H,4,6-8,10-14,16H2,1-3H3. The second-order valence-electron chi connectivity index (χ2n) is 8.22. The number of hydrogen-bond acceptors (Lipinski definition) is 3. The van der Waals surface area contributed by atoms with Crippen LogP contribution in [-0.4, -0.2) is 55.0 Å². The fourth-order valence-electron chi connectivity index (χ4n) is 3.91. The highest BCUT2D eigenvalue weighted by molar-refractivity contribution is 5.76. The molecule has 1 unspecified atom stereocenters. The van der Waals surface area contributed by atoms with E-state index in [1.165, 1.54) is 24.0 Å². The Morgan fingerprint density at radius 3 is 2.73 bits per heavy atom. The first-order valence-electron chi connectivity index (χ1n) is 10.2. The van der Waals surface area contributed by atoms with Gasteiger partial charge in [0, 0.05) is 32.1 Å². The van der Waals surface area contributed by atoms with Gasteiger partial charge in [0.25, 0.3) is 0 Å². The monoisotopic (exact) mass is 358 g/mol. The van der Waals surface area contributed by atoms with Crippen molar-refractivity contribution in [3.63, 3.8) is 0 Å². The zero-order valence-corrected chi connectivity index (χ0v) is 16.7. The van der Waals surface area contributed by atoms with E-state index in [4.69, 9.17) is 4.74 Å². The molecule has 2 fully saturated rings. The molecule has 1 saturated heterocycles. The van der Waals surface area contributed by atoms with Gasteiger partial charge in [-0.15, -0.1) is 0 Å². The second-order valence-corrected chi connectivity index (χ2v) is 8.22. The third-order valence-corrected chi connectivity index (χ3v) is 5.82. The van der Waals surface area contributed by atoms with Crippen molar-refractivity contribution in [2.24, 2.45) is 5.92 Å². The van der Waals surface area contributed by atoms with Gasteiger partial charge in [-0.25, -0.2) is 0 Å². The summed E-state index contributed by atoms with van der Waals surface area (Å²) in [7, 11) is 2.20. The van der Waals surface area contributed by atoms with Gasteiger partial charge in [0.15, 0.2) is 0 Å². The lowest BCUT2D eigenvalue weighted by atomic mass is 10.1. The molecule has 2 aliphatic rings. The van der Waals surface area contributed by atoms with Gasteiger partial charge in [0.2, 0.25) is 5.91 Å². The van der Waals surface area contributed by atoms with Crippen molar-refractivity contribution < 1.29 is 9.53 Å². The summed E-state index contributed by atoms with van der Waals surface area (Å²) in [6.45, 7) is 7.90. The maximum Gasteiger partial charge on any atom is 0.222 e. The SMILES string of the molecule is Cc1ccc(OCCCN(C)C2CCC(=O)N(CC3CC3)CC2)c(C)c1. The van der Waals surface area contributed by atoms with Crippen LogP contribution in [0.1, 0.15) is 49.7 Å². The number of rotatable bonds is 8. The number of nitrogens with zero attached hydrogens (tertiary/aromatic N) is 2. The molecule has 4 heteroatoms. The number of carbonyl (C=O) groups excluding carboxylic acids is 1. The van der Waals surface area contributed by atoms with E-state index < -0.39 is 0 Å². The molecule has 4 nitrogen and oxygen atoms in total. The maximum atomic E-state index is 12.3. The number of ether oxygens (including phenoxy) is 1. The average Bonchev–Trinajstić information content (AvgIpc) is 3.43. The normalized spacial score (nSPS) is 21.2. The first-order chi connectivity index (χ1) is 12.5. The van der Waals surface area contributed by atoms with Crippen LogP contribution in [0.25, 0.3) is 0 Å². The molecular formula is C22H34N2O2. The molecule has 1 aliphatic carbocycles. The zero-order chi connectivity index (χ0) is 18.5. The van der Waals surface area contributed by atoms with Gasteiger partial charge in [0.1, 0.15) is 5.75 Å². The second kappa shape index (κ2) is 8.90. The summed E-state index contributed by atoms with van der Waals surface area (Å²) in [5.74, 6) is 2.15. The van der Waals surface area contributed by atoms with E-state index in [9.17, 15) is 4.79 Å². The van der Waals surface area contributed by atoms with Crippen LogP contribution in [0.5, 0.6) is 5.75 Å². The molecule has 1 atom stereocenters. The van der Waals surface area contributed by atoms with E-state index in [1.807, 2.05) is 0 Å². The summed E-state index contributed by atoms with van der Waals surface area (Å²) in [6.07, 6.45) is 6.45. The minimum atomic E-state index is 0.367. The van der Waals surface area contributed by atoms with Gasteiger partial charge in [-0.2, -0.15) is 0 Å². The summed E-state index contributed by atoms with van der Waals surface area (Å²) in [4.78, 5) is 16.9. The van der Waals surface area contributed by atoms with Crippen LogP contribution in [0.4, 0.5) is 0 Å².